The second-order valence-electron chi connectivity index (χ2n) is 9.69. The molecular weight excluding hydrogens is 377 g/mol. The van der Waals surface area contributed by atoms with Gasteiger partial charge in [-0.3, -0.25) is 14.7 Å². The van der Waals surface area contributed by atoms with Gasteiger partial charge in [0.05, 0.1) is 5.56 Å². The van der Waals surface area contributed by atoms with E-state index in [2.05, 4.69) is 28.8 Å². The average Bonchev–Trinajstić information content (AvgIpc) is 2.83. The van der Waals surface area contributed by atoms with Gasteiger partial charge in [-0.1, -0.05) is 31.9 Å². The van der Waals surface area contributed by atoms with Gasteiger partial charge < -0.3 is 4.90 Å². The molecule has 3 heterocycles. The van der Waals surface area contributed by atoms with Crippen molar-refractivity contribution in [3.8, 4) is 0 Å². The van der Waals surface area contributed by atoms with E-state index in [0.29, 0.717) is 30.1 Å². The molecule has 1 aliphatic carbocycles. The third-order valence-electron chi connectivity index (χ3n) is 7.85. The summed E-state index contributed by atoms with van der Waals surface area (Å²) in [4.78, 5) is 22.7. The van der Waals surface area contributed by atoms with Crippen molar-refractivity contribution in [2.45, 2.75) is 63.6 Å². The Morgan fingerprint density at radius 1 is 1.17 bits per heavy atom. The van der Waals surface area contributed by atoms with Gasteiger partial charge in [0.2, 0.25) is 0 Å². The summed E-state index contributed by atoms with van der Waals surface area (Å²) in [7, 11) is 2.25. The quantitative estimate of drug-likeness (QED) is 0.762. The highest BCUT2D eigenvalue weighted by atomic mass is 19.1. The average molecular weight is 408 g/mol. The molecule has 158 valence electrons. The molecule has 1 amide bonds. The summed E-state index contributed by atoms with van der Waals surface area (Å²) in [5.74, 6) is -0.141. The number of carbonyl (C=O) groups excluding carboxylic acids is 1. The number of amides is 1. The number of aromatic nitrogens is 1. The number of likely N-dealkylation sites (N-methyl/N-ethyl adjacent to an activating group) is 1. The van der Waals surface area contributed by atoms with Crippen molar-refractivity contribution in [1.29, 1.82) is 0 Å². The van der Waals surface area contributed by atoms with Crippen molar-refractivity contribution in [2.75, 3.05) is 13.6 Å². The minimum atomic E-state index is -0.239. The van der Waals surface area contributed by atoms with E-state index in [1.165, 1.54) is 31.7 Å². The molecule has 0 spiro atoms. The van der Waals surface area contributed by atoms with E-state index in [1.54, 1.807) is 24.5 Å². The molecule has 1 aromatic carbocycles. The standard InChI is InChI=1S/C25H30FN3O/c1-25-13-21-16-29(23(25)9-4-3-8-22(25)28(21)2)24(30)19-11-18(14-27-15-19)10-17-6-5-7-20(26)12-17/h5-7,11-12,14-15,21-23H,3-4,8-10,13,16H2,1-2H3/t21-,22-,23+,25-/m0/s1. The van der Waals surface area contributed by atoms with Gasteiger partial charge in [0, 0.05) is 42.5 Å². The van der Waals surface area contributed by atoms with E-state index in [9.17, 15) is 9.18 Å². The number of piperidine rings is 1. The molecule has 30 heavy (non-hydrogen) atoms. The van der Waals surface area contributed by atoms with Crippen LogP contribution in [0.5, 0.6) is 0 Å². The number of hydrogen-bond donors (Lipinski definition) is 0. The van der Waals surface area contributed by atoms with Crippen molar-refractivity contribution in [2.24, 2.45) is 5.41 Å². The molecule has 3 aliphatic rings. The van der Waals surface area contributed by atoms with Crippen LogP contribution in [-0.2, 0) is 6.42 Å². The molecule has 1 aromatic heterocycles. The molecule has 2 aliphatic heterocycles. The predicted molar refractivity (Wildman–Crippen MR) is 115 cm³/mol. The zero-order chi connectivity index (χ0) is 20.9. The molecule has 2 saturated heterocycles. The fraction of sp³-hybridized carbons (Fsp3) is 0.520. The van der Waals surface area contributed by atoms with Crippen molar-refractivity contribution < 1.29 is 9.18 Å². The van der Waals surface area contributed by atoms with Gasteiger partial charge in [-0.15, -0.1) is 0 Å². The third kappa shape index (κ3) is 3.24. The van der Waals surface area contributed by atoms with E-state index in [1.807, 2.05) is 12.1 Å². The van der Waals surface area contributed by atoms with Crippen molar-refractivity contribution in [1.82, 2.24) is 14.8 Å². The minimum Gasteiger partial charge on any atom is -0.333 e. The summed E-state index contributed by atoms with van der Waals surface area (Å²) in [6.07, 6.45) is 10.0. The number of pyridine rings is 1. The Morgan fingerprint density at radius 2 is 1.97 bits per heavy atom. The van der Waals surface area contributed by atoms with Crippen LogP contribution in [-0.4, -0.2) is 52.4 Å². The summed E-state index contributed by atoms with van der Waals surface area (Å²) < 4.78 is 13.5. The van der Waals surface area contributed by atoms with Crippen LogP contribution in [0.3, 0.4) is 0 Å². The number of rotatable bonds is 3. The van der Waals surface area contributed by atoms with Crippen LogP contribution >= 0.6 is 0 Å². The molecule has 0 unspecified atom stereocenters. The SMILES string of the molecule is CN1[C@@H]2CN(C(=O)c3cncc(Cc4cccc(F)c4)c3)[C@@H]3CCCC[C@H]1[C@]3(C)C2. The lowest BCUT2D eigenvalue weighted by molar-refractivity contribution is 0.0283. The Labute approximate surface area is 178 Å². The van der Waals surface area contributed by atoms with Gasteiger partial charge in [-0.25, -0.2) is 4.39 Å². The first kappa shape index (κ1) is 19.7. The number of hydrogen-bond acceptors (Lipinski definition) is 3. The molecule has 3 fully saturated rings. The van der Waals surface area contributed by atoms with Crippen molar-refractivity contribution in [3.63, 3.8) is 0 Å². The van der Waals surface area contributed by atoms with Crippen molar-refractivity contribution >= 4 is 5.91 Å². The zero-order valence-electron chi connectivity index (χ0n) is 17.9. The first-order valence-corrected chi connectivity index (χ1v) is 11.2. The largest absolute Gasteiger partial charge is 0.333 e. The van der Waals surface area contributed by atoms with Gasteiger partial charge in [-0.2, -0.15) is 0 Å². The van der Waals surface area contributed by atoms with Gasteiger partial charge in [0.15, 0.2) is 0 Å². The molecule has 0 N–H and O–H groups in total. The highest BCUT2D eigenvalue weighted by Crippen LogP contribution is 2.52. The second kappa shape index (κ2) is 7.45. The van der Waals surface area contributed by atoms with E-state index in [4.69, 9.17) is 0 Å². The summed E-state index contributed by atoms with van der Waals surface area (Å²) >= 11 is 0. The van der Waals surface area contributed by atoms with Crippen LogP contribution in [0.15, 0.2) is 42.7 Å². The Balaban J connectivity index is 1.42. The summed E-state index contributed by atoms with van der Waals surface area (Å²) in [6, 6.07) is 9.87. The highest BCUT2D eigenvalue weighted by molar-refractivity contribution is 5.94. The van der Waals surface area contributed by atoms with Crippen LogP contribution in [0.25, 0.3) is 0 Å². The summed E-state index contributed by atoms with van der Waals surface area (Å²) in [6.45, 7) is 3.21. The number of likely N-dealkylation sites (tertiary alicyclic amines) is 2. The molecular formula is C25H30FN3O. The normalized spacial score (nSPS) is 30.9. The molecule has 1 saturated carbocycles. The monoisotopic (exact) mass is 407 g/mol. The molecule has 4 atom stereocenters. The predicted octanol–water partition coefficient (Wildman–Crippen LogP) is 4.29. The summed E-state index contributed by atoms with van der Waals surface area (Å²) in [5, 5.41) is 0. The Kier molecular flexibility index (Phi) is 4.89. The summed E-state index contributed by atoms with van der Waals surface area (Å²) in [5.41, 5.74) is 2.65. The maximum Gasteiger partial charge on any atom is 0.255 e. The Hall–Kier alpha value is -2.27. The lowest BCUT2D eigenvalue weighted by Crippen LogP contribution is -2.55. The maximum atomic E-state index is 13.6. The number of nitrogens with zero attached hydrogens (tertiary/aromatic N) is 3. The van der Waals surface area contributed by atoms with E-state index in [-0.39, 0.29) is 17.1 Å². The number of halogens is 1. The molecule has 2 bridgehead atoms. The van der Waals surface area contributed by atoms with Crippen LogP contribution in [0, 0.1) is 11.2 Å². The van der Waals surface area contributed by atoms with E-state index in [0.717, 1.165) is 24.1 Å². The topological polar surface area (TPSA) is 36.4 Å². The lowest BCUT2D eigenvalue weighted by atomic mass is 9.71. The first-order valence-electron chi connectivity index (χ1n) is 11.2. The fourth-order valence-electron chi connectivity index (χ4n) is 6.44. The molecule has 0 radical (unpaired) electrons. The van der Waals surface area contributed by atoms with Gasteiger partial charge in [0.25, 0.3) is 5.91 Å². The molecule has 4 nitrogen and oxygen atoms in total. The first-order chi connectivity index (χ1) is 14.5. The van der Waals surface area contributed by atoms with Gasteiger partial charge in [0.1, 0.15) is 5.82 Å². The zero-order valence-corrected chi connectivity index (χ0v) is 17.9. The number of carbonyl (C=O) groups is 1. The van der Waals surface area contributed by atoms with E-state index < -0.39 is 0 Å². The van der Waals surface area contributed by atoms with Crippen LogP contribution in [0.1, 0.15) is 60.5 Å². The van der Waals surface area contributed by atoms with Crippen LogP contribution in [0.2, 0.25) is 0 Å². The maximum absolute atomic E-state index is 13.6. The molecule has 5 heteroatoms. The highest BCUT2D eigenvalue weighted by Gasteiger charge is 2.58. The molecule has 2 aromatic rings. The fourth-order valence-corrected chi connectivity index (χ4v) is 6.44. The van der Waals surface area contributed by atoms with Crippen LogP contribution < -0.4 is 0 Å². The smallest absolute Gasteiger partial charge is 0.255 e. The number of fused-ring (bicyclic) bond motifs is 1. The second-order valence-corrected chi connectivity index (χ2v) is 9.69. The Bertz CT molecular complexity index is 963. The number of benzene rings is 1. The van der Waals surface area contributed by atoms with Crippen LogP contribution in [0.4, 0.5) is 4.39 Å². The van der Waals surface area contributed by atoms with Gasteiger partial charge in [-0.05, 0) is 62.1 Å². The van der Waals surface area contributed by atoms with Crippen molar-refractivity contribution in [3.05, 3.63) is 65.2 Å². The third-order valence-corrected chi connectivity index (χ3v) is 7.85. The van der Waals surface area contributed by atoms with Gasteiger partial charge >= 0.3 is 0 Å². The van der Waals surface area contributed by atoms with E-state index >= 15 is 0 Å². The minimum absolute atomic E-state index is 0.0977. The Morgan fingerprint density at radius 3 is 2.77 bits per heavy atom. The molecule has 5 rings (SSSR count). The lowest BCUT2D eigenvalue weighted by Gasteiger charge is -2.46.